The van der Waals surface area contributed by atoms with E-state index in [1.165, 1.54) is 10.6 Å². The summed E-state index contributed by atoms with van der Waals surface area (Å²) in [7, 11) is 2.14. The van der Waals surface area contributed by atoms with Crippen LogP contribution in [0.1, 0.15) is 30.5 Å². The van der Waals surface area contributed by atoms with Crippen molar-refractivity contribution in [3.05, 3.63) is 46.4 Å². The minimum Gasteiger partial charge on any atom is -0.367 e. The van der Waals surface area contributed by atoms with E-state index in [2.05, 4.69) is 65.7 Å². The molecular weight excluding hydrogens is 254 g/mol. The molecule has 0 aliphatic heterocycles. The van der Waals surface area contributed by atoms with Gasteiger partial charge in [0.1, 0.15) is 0 Å². The molecule has 1 unspecified atom stereocenters. The van der Waals surface area contributed by atoms with Gasteiger partial charge in [-0.15, -0.1) is 11.3 Å². The van der Waals surface area contributed by atoms with Crippen molar-refractivity contribution in [2.45, 2.75) is 26.4 Å². The van der Waals surface area contributed by atoms with E-state index < -0.39 is 0 Å². The molecular formula is C15H21N3S. The van der Waals surface area contributed by atoms with Crippen LogP contribution < -0.4 is 10.2 Å². The highest BCUT2D eigenvalue weighted by Crippen LogP contribution is 2.28. The summed E-state index contributed by atoms with van der Waals surface area (Å²) < 4.78 is 0. The Morgan fingerprint density at radius 1 is 1.42 bits per heavy atom. The van der Waals surface area contributed by atoms with Crippen LogP contribution in [0.4, 0.5) is 5.69 Å². The SMILES string of the molecule is CCNCc1cc(N(C)C(C)c2cccs2)ccn1. The maximum absolute atomic E-state index is 4.39. The van der Waals surface area contributed by atoms with Gasteiger partial charge in [-0.2, -0.15) is 0 Å². The molecule has 0 spiro atoms. The summed E-state index contributed by atoms with van der Waals surface area (Å²) in [6, 6.07) is 8.90. The van der Waals surface area contributed by atoms with E-state index in [1.54, 1.807) is 11.3 Å². The first-order chi connectivity index (χ1) is 9.22. The molecule has 19 heavy (non-hydrogen) atoms. The maximum atomic E-state index is 4.39. The number of nitrogens with zero attached hydrogens (tertiary/aromatic N) is 2. The number of hydrogen-bond acceptors (Lipinski definition) is 4. The highest BCUT2D eigenvalue weighted by atomic mass is 32.1. The Kier molecular flexibility index (Phi) is 4.93. The van der Waals surface area contributed by atoms with Crippen molar-refractivity contribution in [2.24, 2.45) is 0 Å². The Morgan fingerprint density at radius 3 is 2.95 bits per heavy atom. The number of aromatic nitrogens is 1. The molecule has 3 nitrogen and oxygen atoms in total. The highest BCUT2D eigenvalue weighted by Gasteiger charge is 2.13. The fourth-order valence-corrected chi connectivity index (χ4v) is 2.80. The number of rotatable bonds is 6. The molecule has 0 radical (unpaired) electrons. The van der Waals surface area contributed by atoms with Gasteiger partial charge in [0.2, 0.25) is 0 Å². The molecule has 0 saturated heterocycles. The number of thiophene rings is 1. The summed E-state index contributed by atoms with van der Waals surface area (Å²) in [4.78, 5) is 8.07. The third-order valence-corrected chi connectivity index (χ3v) is 4.34. The molecule has 0 amide bonds. The molecule has 2 aromatic rings. The topological polar surface area (TPSA) is 28.2 Å². The van der Waals surface area contributed by atoms with Gasteiger partial charge in [-0.05, 0) is 37.0 Å². The van der Waals surface area contributed by atoms with Crippen molar-refractivity contribution in [2.75, 3.05) is 18.5 Å². The van der Waals surface area contributed by atoms with E-state index in [4.69, 9.17) is 0 Å². The zero-order valence-electron chi connectivity index (χ0n) is 11.8. The third-order valence-electron chi connectivity index (χ3n) is 3.30. The molecule has 0 aliphatic rings. The van der Waals surface area contributed by atoms with Crippen LogP contribution in [0.2, 0.25) is 0 Å². The zero-order chi connectivity index (χ0) is 13.7. The average molecular weight is 275 g/mol. The number of pyridine rings is 1. The number of hydrogen-bond donors (Lipinski definition) is 1. The first kappa shape index (κ1) is 14.0. The Morgan fingerprint density at radius 2 is 2.26 bits per heavy atom. The first-order valence-electron chi connectivity index (χ1n) is 6.64. The molecule has 0 aliphatic carbocycles. The van der Waals surface area contributed by atoms with E-state index in [0.717, 1.165) is 18.8 Å². The van der Waals surface area contributed by atoms with Gasteiger partial charge in [-0.25, -0.2) is 0 Å². The lowest BCUT2D eigenvalue weighted by Crippen LogP contribution is -2.21. The monoisotopic (exact) mass is 275 g/mol. The van der Waals surface area contributed by atoms with Gasteiger partial charge < -0.3 is 10.2 Å². The van der Waals surface area contributed by atoms with Gasteiger partial charge in [0.15, 0.2) is 0 Å². The Hall–Kier alpha value is -1.39. The van der Waals surface area contributed by atoms with Gasteiger partial charge >= 0.3 is 0 Å². The van der Waals surface area contributed by atoms with Crippen molar-refractivity contribution in [3.63, 3.8) is 0 Å². The number of nitrogens with one attached hydrogen (secondary N) is 1. The minimum atomic E-state index is 0.384. The van der Waals surface area contributed by atoms with E-state index in [9.17, 15) is 0 Å². The first-order valence-corrected chi connectivity index (χ1v) is 7.52. The van der Waals surface area contributed by atoms with Gasteiger partial charge in [-0.3, -0.25) is 4.98 Å². The summed E-state index contributed by atoms with van der Waals surface area (Å²) >= 11 is 1.80. The van der Waals surface area contributed by atoms with Crippen LogP contribution in [0.25, 0.3) is 0 Å². The average Bonchev–Trinajstić information content (AvgIpc) is 2.98. The minimum absolute atomic E-state index is 0.384. The molecule has 0 saturated carbocycles. The summed E-state index contributed by atoms with van der Waals surface area (Å²) in [5.41, 5.74) is 2.30. The van der Waals surface area contributed by atoms with Crippen LogP contribution in [-0.2, 0) is 6.54 Å². The van der Waals surface area contributed by atoms with Crippen LogP contribution in [0, 0.1) is 0 Å². The Labute approximate surface area is 119 Å². The van der Waals surface area contributed by atoms with Crippen molar-refractivity contribution < 1.29 is 0 Å². The van der Waals surface area contributed by atoms with Gasteiger partial charge in [-0.1, -0.05) is 13.0 Å². The molecule has 0 fully saturated rings. The van der Waals surface area contributed by atoms with Gasteiger partial charge in [0.25, 0.3) is 0 Å². The molecule has 1 atom stereocenters. The lowest BCUT2D eigenvalue weighted by molar-refractivity contribution is 0.707. The highest BCUT2D eigenvalue weighted by molar-refractivity contribution is 7.10. The predicted octanol–water partition coefficient (Wildman–Crippen LogP) is 3.45. The van der Waals surface area contributed by atoms with E-state index >= 15 is 0 Å². The molecule has 1 N–H and O–H groups in total. The summed E-state index contributed by atoms with van der Waals surface area (Å²) in [5, 5.41) is 5.44. The van der Waals surface area contributed by atoms with Crippen molar-refractivity contribution in [3.8, 4) is 0 Å². The predicted molar refractivity (Wildman–Crippen MR) is 82.8 cm³/mol. The van der Waals surface area contributed by atoms with Crippen LogP contribution in [0.3, 0.4) is 0 Å². The lowest BCUT2D eigenvalue weighted by Gasteiger charge is -2.26. The van der Waals surface area contributed by atoms with Crippen LogP contribution in [0.5, 0.6) is 0 Å². The summed E-state index contributed by atoms with van der Waals surface area (Å²) in [6.07, 6.45) is 1.89. The molecule has 4 heteroatoms. The summed E-state index contributed by atoms with van der Waals surface area (Å²) in [6.45, 7) is 6.13. The second-order valence-corrected chi connectivity index (χ2v) is 5.57. The molecule has 2 heterocycles. The van der Waals surface area contributed by atoms with E-state index in [0.29, 0.717) is 6.04 Å². The second-order valence-electron chi connectivity index (χ2n) is 4.59. The molecule has 0 bridgehead atoms. The third kappa shape index (κ3) is 3.55. The molecule has 2 rings (SSSR count). The molecule has 102 valence electrons. The van der Waals surface area contributed by atoms with Crippen LogP contribution in [0.15, 0.2) is 35.8 Å². The number of anilines is 1. The second kappa shape index (κ2) is 6.68. The Bertz CT molecular complexity index is 496. The molecule has 2 aromatic heterocycles. The van der Waals surface area contributed by atoms with Crippen molar-refractivity contribution in [1.29, 1.82) is 0 Å². The van der Waals surface area contributed by atoms with Gasteiger partial charge in [0, 0.05) is 30.4 Å². The maximum Gasteiger partial charge on any atom is 0.0603 e. The van der Waals surface area contributed by atoms with Crippen molar-refractivity contribution in [1.82, 2.24) is 10.3 Å². The largest absolute Gasteiger partial charge is 0.367 e. The Balaban J connectivity index is 2.12. The van der Waals surface area contributed by atoms with Crippen molar-refractivity contribution >= 4 is 17.0 Å². The van der Waals surface area contributed by atoms with E-state index in [1.807, 2.05) is 6.20 Å². The molecule has 0 aromatic carbocycles. The zero-order valence-corrected chi connectivity index (χ0v) is 12.6. The van der Waals surface area contributed by atoms with Gasteiger partial charge in [0.05, 0.1) is 11.7 Å². The van der Waals surface area contributed by atoms with Crippen LogP contribution in [-0.4, -0.2) is 18.6 Å². The standard InChI is InChI=1S/C15H21N3S/c1-4-16-11-13-10-14(7-8-17-13)18(3)12(2)15-6-5-9-19-15/h5-10,12,16H,4,11H2,1-3H3. The lowest BCUT2D eigenvalue weighted by atomic mass is 10.2. The normalized spacial score (nSPS) is 12.4. The van der Waals surface area contributed by atoms with Crippen LogP contribution >= 0.6 is 11.3 Å². The quantitative estimate of drug-likeness (QED) is 0.875. The fourth-order valence-electron chi connectivity index (χ4n) is 1.98. The smallest absolute Gasteiger partial charge is 0.0603 e. The summed E-state index contributed by atoms with van der Waals surface area (Å²) in [5.74, 6) is 0. The van der Waals surface area contributed by atoms with E-state index in [-0.39, 0.29) is 0 Å². The fraction of sp³-hybridized carbons (Fsp3) is 0.400.